The Hall–Kier alpha value is -3.74. The SMILES string of the molecule is Cc1ccc(Cn2c(=O)n(CCNC(=O)Cc3ccc(F)cc3)c3ncccc32)cc1. The van der Waals surface area contributed by atoms with Crippen LogP contribution in [0.3, 0.4) is 0 Å². The summed E-state index contributed by atoms with van der Waals surface area (Å²) in [5.41, 5.74) is 4.10. The molecule has 0 saturated heterocycles. The number of aryl methyl sites for hydroxylation is 1. The molecule has 4 rings (SSSR count). The molecule has 2 aromatic carbocycles. The first-order valence-electron chi connectivity index (χ1n) is 10.1. The molecule has 0 aliphatic carbocycles. The van der Waals surface area contributed by atoms with Crippen molar-refractivity contribution in [1.82, 2.24) is 19.4 Å². The third-order valence-corrected chi connectivity index (χ3v) is 5.17. The van der Waals surface area contributed by atoms with E-state index in [1.54, 1.807) is 27.5 Å². The van der Waals surface area contributed by atoms with Crippen LogP contribution in [-0.2, 0) is 24.3 Å². The van der Waals surface area contributed by atoms with E-state index in [1.807, 2.05) is 43.3 Å². The van der Waals surface area contributed by atoms with Gasteiger partial charge in [0, 0.05) is 19.3 Å². The molecule has 0 radical (unpaired) electrons. The first-order valence-corrected chi connectivity index (χ1v) is 10.1. The van der Waals surface area contributed by atoms with Crippen molar-refractivity contribution in [1.29, 1.82) is 0 Å². The molecule has 6 nitrogen and oxygen atoms in total. The average molecular weight is 418 g/mol. The minimum absolute atomic E-state index is 0.155. The summed E-state index contributed by atoms with van der Waals surface area (Å²) in [4.78, 5) is 29.7. The van der Waals surface area contributed by atoms with Crippen molar-refractivity contribution < 1.29 is 9.18 Å². The maximum absolute atomic E-state index is 13.1. The van der Waals surface area contributed by atoms with E-state index in [0.29, 0.717) is 25.3 Å². The normalized spacial score (nSPS) is 11.0. The summed E-state index contributed by atoms with van der Waals surface area (Å²) in [7, 11) is 0. The van der Waals surface area contributed by atoms with Crippen molar-refractivity contribution >= 4 is 17.1 Å². The lowest BCUT2D eigenvalue weighted by Crippen LogP contribution is -2.32. The molecule has 4 aromatic rings. The van der Waals surface area contributed by atoms with Gasteiger partial charge in [-0.2, -0.15) is 0 Å². The highest BCUT2D eigenvalue weighted by molar-refractivity contribution is 5.78. The lowest BCUT2D eigenvalue weighted by atomic mass is 10.1. The Balaban J connectivity index is 1.48. The largest absolute Gasteiger partial charge is 0.354 e. The first-order chi connectivity index (χ1) is 15.0. The summed E-state index contributed by atoms with van der Waals surface area (Å²) in [6.07, 6.45) is 1.81. The second kappa shape index (κ2) is 8.95. The van der Waals surface area contributed by atoms with E-state index in [-0.39, 0.29) is 23.8 Å². The summed E-state index contributed by atoms with van der Waals surface area (Å²) < 4.78 is 16.3. The zero-order valence-corrected chi connectivity index (χ0v) is 17.2. The van der Waals surface area contributed by atoms with Crippen LogP contribution in [0.25, 0.3) is 11.2 Å². The second-order valence-electron chi connectivity index (χ2n) is 7.51. The molecule has 0 fully saturated rings. The van der Waals surface area contributed by atoms with E-state index in [1.165, 1.54) is 12.1 Å². The van der Waals surface area contributed by atoms with Crippen molar-refractivity contribution in [2.45, 2.75) is 26.4 Å². The number of pyridine rings is 1. The number of fused-ring (bicyclic) bond motifs is 1. The maximum atomic E-state index is 13.1. The number of carbonyl (C=O) groups excluding carboxylic acids is 1. The van der Waals surface area contributed by atoms with Gasteiger partial charge in [-0.3, -0.25) is 13.9 Å². The minimum atomic E-state index is -0.335. The molecular formula is C24H23FN4O2. The average Bonchev–Trinajstić information content (AvgIpc) is 3.03. The van der Waals surface area contributed by atoms with E-state index in [4.69, 9.17) is 0 Å². The number of nitrogens with zero attached hydrogens (tertiary/aromatic N) is 3. The Bertz CT molecular complexity index is 1260. The Kier molecular flexibility index (Phi) is 5.93. The molecule has 0 bridgehead atoms. The van der Waals surface area contributed by atoms with Crippen LogP contribution in [0.15, 0.2) is 71.7 Å². The van der Waals surface area contributed by atoms with Crippen LogP contribution in [-0.4, -0.2) is 26.6 Å². The fraction of sp³-hybridized carbons (Fsp3) is 0.208. The molecule has 0 atom stereocenters. The van der Waals surface area contributed by atoms with Gasteiger partial charge in [-0.25, -0.2) is 14.2 Å². The summed E-state index contributed by atoms with van der Waals surface area (Å²) in [5.74, 6) is -0.519. The van der Waals surface area contributed by atoms with Crippen LogP contribution in [0, 0.1) is 12.7 Å². The summed E-state index contributed by atoms with van der Waals surface area (Å²) in [6, 6.07) is 17.6. The highest BCUT2D eigenvalue weighted by atomic mass is 19.1. The van der Waals surface area contributed by atoms with Crippen molar-refractivity contribution in [3.63, 3.8) is 0 Å². The van der Waals surface area contributed by atoms with Crippen LogP contribution in [0.2, 0.25) is 0 Å². The molecule has 0 aliphatic heterocycles. The van der Waals surface area contributed by atoms with Gasteiger partial charge in [-0.05, 0) is 42.3 Å². The number of benzene rings is 2. The van der Waals surface area contributed by atoms with Gasteiger partial charge in [-0.15, -0.1) is 0 Å². The smallest absolute Gasteiger partial charge is 0.330 e. The zero-order chi connectivity index (χ0) is 21.8. The summed E-state index contributed by atoms with van der Waals surface area (Å²) in [5, 5.41) is 2.82. The number of rotatable bonds is 7. The first kappa shape index (κ1) is 20.5. The third kappa shape index (κ3) is 4.71. The van der Waals surface area contributed by atoms with Gasteiger partial charge in [0.15, 0.2) is 5.65 Å². The highest BCUT2D eigenvalue weighted by Crippen LogP contribution is 2.13. The van der Waals surface area contributed by atoms with Crippen molar-refractivity contribution in [2.24, 2.45) is 0 Å². The van der Waals surface area contributed by atoms with Gasteiger partial charge < -0.3 is 5.32 Å². The van der Waals surface area contributed by atoms with Gasteiger partial charge in [0.05, 0.1) is 18.5 Å². The molecule has 7 heteroatoms. The number of halogens is 1. The van der Waals surface area contributed by atoms with E-state index in [9.17, 15) is 14.0 Å². The lowest BCUT2D eigenvalue weighted by molar-refractivity contribution is -0.120. The highest BCUT2D eigenvalue weighted by Gasteiger charge is 2.14. The van der Waals surface area contributed by atoms with Gasteiger partial charge in [-0.1, -0.05) is 42.0 Å². The topological polar surface area (TPSA) is 68.9 Å². The molecule has 0 unspecified atom stereocenters. The number of amides is 1. The van der Waals surface area contributed by atoms with Gasteiger partial charge in [0.2, 0.25) is 5.91 Å². The van der Waals surface area contributed by atoms with E-state index in [0.717, 1.165) is 22.2 Å². The standard InChI is InChI=1S/C24H23FN4O2/c1-17-4-6-19(7-5-17)16-29-21-3-2-12-27-23(21)28(24(29)31)14-13-26-22(30)15-18-8-10-20(25)11-9-18/h2-12H,13-16H2,1H3,(H,26,30). The molecule has 1 amide bonds. The van der Waals surface area contributed by atoms with E-state index < -0.39 is 0 Å². The molecule has 2 aromatic heterocycles. The Morgan fingerprint density at radius 2 is 1.71 bits per heavy atom. The van der Waals surface area contributed by atoms with Crippen molar-refractivity contribution in [2.75, 3.05) is 6.54 Å². The zero-order valence-electron chi connectivity index (χ0n) is 17.2. The molecule has 158 valence electrons. The van der Waals surface area contributed by atoms with Gasteiger partial charge >= 0.3 is 5.69 Å². The van der Waals surface area contributed by atoms with Crippen molar-refractivity contribution in [3.05, 3.63) is 99.9 Å². The molecule has 0 saturated carbocycles. The predicted molar refractivity (Wildman–Crippen MR) is 117 cm³/mol. The third-order valence-electron chi connectivity index (χ3n) is 5.17. The number of carbonyl (C=O) groups is 1. The summed E-state index contributed by atoms with van der Waals surface area (Å²) in [6.45, 7) is 3.07. The molecular weight excluding hydrogens is 395 g/mol. The van der Waals surface area contributed by atoms with Gasteiger partial charge in [0.1, 0.15) is 5.82 Å². The number of hydrogen-bond acceptors (Lipinski definition) is 3. The van der Waals surface area contributed by atoms with E-state index in [2.05, 4.69) is 10.3 Å². The fourth-order valence-electron chi connectivity index (χ4n) is 3.53. The monoisotopic (exact) mass is 418 g/mol. The number of aromatic nitrogens is 3. The molecule has 31 heavy (non-hydrogen) atoms. The molecule has 2 heterocycles. The fourth-order valence-corrected chi connectivity index (χ4v) is 3.53. The Morgan fingerprint density at radius 1 is 1.00 bits per heavy atom. The minimum Gasteiger partial charge on any atom is -0.354 e. The van der Waals surface area contributed by atoms with Crippen LogP contribution in [0.5, 0.6) is 0 Å². The maximum Gasteiger partial charge on any atom is 0.330 e. The summed E-state index contributed by atoms with van der Waals surface area (Å²) >= 11 is 0. The quantitative estimate of drug-likeness (QED) is 0.502. The Morgan fingerprint density at radius 3 is 2.45 bits per heavy atom. The van der Waals surface area contributed by atoms with E-state index >= 15 is 0 Å². The van der Waals surface area contributed by atoms with Crippen LogP contribution >= 0.6 is 0 Å². The van der Waals surface area contributed by atoms with Crippen LogP contribution < -0.4 is 11.0 Å². The molecule has 1 N–H and O–H groups in total. The van der Waals surface area contributed by atoms with Crippen LogP contribution in [0.1, 0.15) is 16.7 Å². The number of nitrogens with one attached hydrogen (secondary N) is 1. The molecule has 0 aliphatic rings. The number of imidazole rings is 1. The van der Waals surface area contributed by atoms with Gasteiger partial charge in [0.25, 0.3) is 0 Å². The van der Waals surface area contributed by atoms with Crippen LogP contribution in [0.4, 0.5) is 4.39 Å². The molecule has 0 spiro atoms. The number of hydrogen-bond donors (Lipinski definition) is 1. The second-order valence-corrected chi connectivity index (χ2v) is 7.51. The predicted octanol–water partition coefficient (Wildman–Crippen LogP) is 3.05. The Labute approximate surface area is 179 Å². The lowest BCUT2D eigenvalue weighted by Gasteiger charge is -2.06. The van der Waals surface area contributed by atoms with Crippen molar-refractivity contribution in [3.8, 4) is 0 Å².